The minimum atomic E-state index is -4.78. The molecule has 0 amide bonds. The largest absolute Gasteiger partial charge is 0.573 e. The van der Waals surface area contributed by atoms with Gasteiger partial charge in [-0.15, -0.1) is 13.2 Å². The van der Waals surface area contributed by atoms with Crippen molar-refractivity contribution < 1.29 is 22.0 Å². The Morgan fingerprint density at radius 2 is 2.27 bits per heavy atom. The molecule has 3 nitrogen and oxygen atoms in total. The number of likely N-dealkylation sites (N-methyl/N-ethyl adjacent to an activating group) is 1. The first-order chi connectivity index (χ1) is 11.6. The van der Waals surface area contributed by atoms with Gasteiger partial charge in [0.1, 0.15) is 5.75 Å². The van der Waals surface area contributed by atoms with Crippen molar-refractivity contribution in [3.8, 4) is 5.75 Å². The lowest BCUT2D eigenvalue weighted by molar-refractivity contribution is -0.274. The van der Waals surface area contributed by atoms with Crippen LogP contribution in [0.3, 0.4) is 0 Å². The molecule has 0 radical (unpaired) electrons. The van der Waals surface area contributed by atoms with E-state index in [2.05, 4.69) is 9.72 Å². The highest BCUT2D eigenvalue weighted by atomic mass is 19.4. The molecule has 2 aromatic rings. The summed E-state index contributed by atoms with van der Waals surface area (Å²) in [5.74, 6) is -0.261. The number of hydrogen-bond acceptors (Lipinski definition) is 2. The summed E-state index contributed by atoms with van der Waals surface area (Å²) in [5.41, 5.74) is 1.95. The number of rotatable bonds is 3. The lowest BCUT2D eigenvalue weighted by Crippen LogP contribution is -2.27. The summed E-state index contributed by atoms with van der Waals surface area (Å²) in [5, 5.41) is 0.370. The number of fused-ring (bicyclic) bond motifs is 1. The van der Waals surface area contributed by atoms with E-state index in [9.17, 15) is 13.2 Å². The molecular formula is C16H19F3N2O. The fourth-order valence-electron chi connectivity index (χ4n) is 3.16. The van der Waals surface area contributed by atoms with Crippen LogP contribution in [0.25, 0.3) is 10.9 Å². The number of H-pyrrole nitrogens is 1. The smallest absolute Gasteiger partial charge is 0.405 e. The molecule has 2 heterocycles. The maximum Gasteiger partial charge on any atom is 0.573 e. The Bertz CT molecular complexity index is 770. The zero-order chi connectivity index (χ0) is 18.4. The van der Waals surface area contributed by atoms with Crippen LogP contribution in [0.4, 0.5) is 13.2 Å². The summed E-state index contributed by atoms with van der Waals surface area (Å²) in [6.45, 7) is 0.0439. The third-order valence-electron chi connectivity index (χ3n) is 4.15. The third-order valence-corrected chi connectivity index (χ3v) is 4.15. The number of benzene rings is 1. The molecule has 1 aromatic heterocycles. The van der Waals surface area contributed by atoms with Crippen molar-refractivity contribution in [1.29, 1.82) is 0 Å². The number of hydrogen-bond donors (Lipinski definition) is 1. The van der Waals surface area contributed by atoms with Gasteiger partial charge in [0.05, 0.1) is 0 Å². The molecule has 0 spiro atoms. The standard InChI is InChI=1S/C16H19F3N2O/c1-10-12(9-11-5-4-8-21(11)2)15-13(20-10)6-3-7-14(15)22-16(17,18)19/h3,6-7,11,20H,4-5,8-9H2,1-2H3/t11-/m1/s1/i2D3. The van der Waals surface area contributed by atoms with Gasteiger partial charge in [-0.1, -0.05) is 6.07 Å². The number of likely N-dealkylation sites (tertiary alicyclic amines) is 1. The summed E-state index contributed by atoms with van der Waals surface area (Å²) in [4.78, 5) is 4.53. The Hall–Kier alpha value is -1.69. The van der Waals surface area contributed by atoms with Crippen molar-refractivity contribution in [1.82, 2.24) is 9.88 Å². The third kappa shape index (κ3) is 2.92. The number of aromatic nitrogens is 1. The van der Waals surface area contributed by atoms with Crippen molar-refractivity contribution in [3.63, 3.8) is 0 Å². The molecule has 6 heteroatoms. The van der Waals surface area contributed by atoms with Crippen molar-refractivity contribution in [2.75, 3.05) is 13.5 Å². The van der Waals surface area contributed by atoms with Gasteiger partial charge in [-0.3, -0.25) is 0 Å². The lowest BCUT2D eigenvalue weighted by atomic mass is 10.0. The highest BCUT2D eigenvalue weighted by molar-refractivity contribution is 5.90. The molecule has 0 aliphatic carbocycles. The minimum absolute atomic E-state index is 0.232. The van der Waals surface area contributed by atoms with E-state index in [1.165, 1.54) is 17.0 Å². The number of aryl methyl sites for hydroxylation is 1. The van der Waals surface area contributed by atoms with Crippen molar-refractivity contribution in [2.24, 2.45) is 0 Å². The number of halogens is 3. The van der Waals surface area contributed by atoms with Crippen LogP contribution in [0.1, 0.15) is 28.2 Å². The Morgan fingerprint density at radius 1 is 1.45 bits per heavy atom. The van der Waals surface area contributed by atoms with Crippen molar-refractivity contribution in [2.45, 2.75) is 38.6 Å². The molecule has 1 fully saturated rings. The summed E-state index contributed by atoms with van der Waals surface area (Å²) < 4.78 is 65.3. The van der Waals surface area contributed by atoms with E-state index in [1.54, 1.807) is 13.0 Å². The SMILES string of the molecule is [2H]C([2H])([2H])N1CCC[C@@H]1Cc1c(C)[nH]c2cccc(OC(F)(F)F)c12. The Morgan fingerprint density at radius 3 is 3.00 bits per heavy atom. The molecule has 1 aliphatic heterocycles. The van der Waals surface area contributed by atoms with E-state index in [0.29, 0.717) is 35.9 Å². The molecule has 1 atom stereocenters. The number of alkyl halides is 3. The monoisotopic (exact) mass is 315 g/mol. The molecule has 0 bridgehead atoms. The maximum atomic E-state index is 12.7. The molecule has 120 valence electrons. The van der Waals surface area contributed by atoms with Crippen molar-refractivity contribution in [3.05, 3.63) is 29.5 Å². The molecule has 0 unspecified atom stereocenters. The molecule has 22 heavy (non-hydrogen) atoms. The van der Waals surface area contributed by atoms with Gasteiger partial charge in [-0.25, -0.2) is 0 Å². The Kier molecular flexibility index (Phi) is 2.96. The van der Waals surface area contributed by atoms with Crippen LogP contribution in [-0.2, 0) is 6.42 Å². The predicted octanol–water partition coefficient (Wildman–Crippen LogP) is 4.01. The van der Waals surface area contributed by atoms with E-state index in [0.717, 1.165) is 12.1 Å². The zero-order valence-electron chi connectivity index (χ0n) is 15.1. The van der Waals surface area contributed by atoms with Gasteiger partial charge >= 0.3 is 6.36 Å². The van der Waals surface area contributed by atoms with E-state index in [-0.39, 0.29) is 11.8 Å². The quantitative estimate of drug-likeness (QED) is 0.927. The van der Waals surface area contributed by atoms with Gasteiger partial charge in [0.2, 0.25) is 0 Å². The molecule has 1 N–H and O–H groups in total. The van der Waals surface area contributed by atoms with Crippen LogP contribution in [0, 0.1) is 6.92 Å². The lowest BCUT2D eigenvalue weighted by Gasteiger charge is -2.20. The highest BCUT2D eigenvalue weighted by Crippen LogP contribution is 2.36. The predicted molar refractivity (Wildman–Crippen MR) is 79.1 cm³/mol. The van der Waals surface area contributed by atoms with Gasteiger partial charge < -0.3 is 14.6 Å². The van der Waals surface area contributed by atoms with Crippen LogP contribution in [0.2, 0.25) is 0 Å². The molecule has 1 aliphatic rings. The fourth-order valence-corrected chi connectivity index (χ4v) is 3.16. The van der Waals surface area contributed by atoms with Gasteiger partial charge in [0, 0.05) is 26.8 Å². The summed E-state index contributed by atoms with van der Waals surface area (Å²) in [6, 6.07) is 4.23. The van der Waals surface area contributed by atoms with Crippen molar-refractivity contribution >= 4 is 10.9 Å². The molecule has 1 saturated heterocycles. The minimum Gasteiger partial charge on any atom is -0.405 e. The second-order valence-corrected chi connectivity index (χ2v) is 5.65. The molecular weight excluding hydrogens is 293 g/mol. The number of nitrogens with one attached hydrogen (secondary N) is 1. The number of ether oxygens (including phenoxy) is 1. The van der Waals surface area contributed by atoms with E-state index in [4.69, 9.17) is 4.11 Å². The first-order valence-electron chi connectivity index (χ1n) is 8.69. The summed E-state index contributed by atoms with van der Waals surface area (Å²) >= 11 is 0. The number of nitrogens with zero attached hydrogens (tertiary/aromatic N) is 1. The highest BCUT2D eigenvalue weighted by Gasteiger charge is 2.33. The van der Waals surface area contributed by atoms with Crippen LogP contribution >= 0.6 is 0 Å². The Labute approximate surface area is 131 Å². The molecule has 3 rings (SSSR count). The van der Waals surface area contributed by atoms with Crippen LogP contribution in [0.5, 0.6) is 5.75 Å². The Balaban J connectivity index is 2.00. The van der Waals surface area contributed by atoms with Crippen LogP contribution < -0.4 is 4.74 Å². The number of aromatic amines is 1. The van der Waals surface area contributed by atoms with E-state index >= 15 is 0 Å². The van der Waals surface area contributed by atoms with Gasteiger partial charge in [0.15, 0.2) is 0 Å². The topological polar surface area (TPSA) is 28.3 Å². The summed E-state index contributed by atoms with van der Waals surface area (Å²) in [6.07, 6.45) is -2.96. The van der Waals surface area contributed by atoms with E-state index < -0.39 is 13.3 Å². The van der Waals surface area contributed by atoms with E-state index in [1.807, 2.05) is 0 Å². The van der Waals surface area contributed by atoms with Gasteiger partial charge in [0.25, 0.3) is 0 Å². The first kappa shape index (κ1) is 11.8. The zero-order valence-corrected chi connectivity index (χ0v) is 12.1. The molecule has 1 aromatic carbocycles. The van der Waals surface area contributed by atoms with Crippen LogP contribution in [0.15, 0.2) is 18.2 Å². The average molecular weight is 315 g/mol. The normalized spacial score (nSPS) is 22.5. The van der Waals surface area contributed by atoms with Gasteiger partial charge in [-0.05, 0) is 57.4 Å². The second-order valence-electron chi connectivity index (χ2n) is 5.65. The van der Waals surface area contributed by atoms with Crippen LogP contribution in [-0.4, -0.2) is 35.8 Å². The molecule has 0 saturated carbocycles. The fraction of sp³-hybridized carbons (Fsp3) is 0.500. The maximum absolute atomic E-state index is 12.7. The summed E-state index contributed by atoms with van der Waals surface area (Å²) in [7, 11) is 0. The second kappa shape index (κ2) is 5.50. The average Bonchev–Trinajstić information content (AvgIpc) is 3.03. The first-order valence-corrected chi connectivity index (χ1v) is 7.19. The van der Waals surface area contributed by atoms with Gasteiger partial charge in [-0.2, -0.15) is 0 Å².